The molecule has 4 rings (SSSR count). The van der Waals surface area contributed by atoms with E-state index in [9.17, 15) is 31.2 Å². The smallest absolute Gasteiger partial charge is 0.495 e. The number of ether oxygens (including phenoxy) is 1. The highest BCUT2D eigenvalue weighted by molar-refractivity contribution is 7.92. The molecule has 178 valence electrons. The molecule has 1 saturated heterocycles. The van der Waals surface area contributed by atoms with Crippen LogP contribution in [0.1, 0.15) is 12.5 Å². The molecule has 1 aliphatic heterocycles. The zero-order valence-electron chi connectivity index (χ0n) is 17.9. The first-order valence-electron chi connectivity index (χ1n) is 9.94. The zero-order valence-corrected chi connectivity index (χ0v) is 18.7. The maximum absolute atomic E-state index is 13.2. The number of nitrogens with zero attached hydrogens (tertiary/aromatic N) is 3. The molecule has 0 radical (unpaired) electrons. The van der Waals surface area contributed by atoms with E-state index in [1.807, 2.05) is 12.1 Å². The van der Waals surface area contributed by atoms with E-state index in [0.29, 0.717) is 29.0 Å². The summed E-state index contributed by atoms with van der Waals surface area (Å²) in [6.45, 7) is 1.54. The van der Waals surface area contributed by atoms with Gasteiger partial charge in [-0.15, -0.1) is 0 Å². The van der Waals surface area contributed by atoms with Crippen molar-refractivity contribution in [3.8, 4) is 5.75 Å². The Morgan fingerprint density at radius 1 is 1.06 bits per heavy atom. The number of fused-ring (bicyclic) bond motifs is 1. The lowest BCUT2D eigenvalue weighted by Gasteiger charge is -2.21. The summed E-state index contributed by atoms with van der Waals surface area (Å²) >= 11 is 0. The normalized spacial score (nSPS) is 17.0. The van der Waals surface area contributed by atoms with Gasteiger partial charge in [-0.25, -0.2) is 18.1 Å². The van der Waals surface area contributed by atoms with E-state index in [4.69, 9.17) is 4.74 Å². The summed E-state index contributed by atoms with van der Waals surface area (Å²) < 4.78 is 67.0. The van der Waals surface area contributed by atoms with Crippen LogP contribution >= 0.6 is 0 Å². The molecule has 3 amide bonds. The van der Waals surface area contributed by atoms with Crippen LogP contribution in [0.25, 0.3) is 10.9 Å². The van der Waals surface area contributed by atoms with Crippen molar-refractivity contribution in [2.24, 2.45) is 0 Å². The molecular formula is C22H18F3N3O5S. The Morgan fingerprint density at radius 2 is 1.71 bits per heavy atom. The van der Waals surface area contributed by atoms with Crippen LogP contribution in [0.2, 0.25) is 0 Å². The fourth-order valence-corrected chi connectivity index (χ4v) is 4.51. The van der Waals surface area contributed by atoms with Crippen molar-refractivity contribution in [1.29, 1.82) is 0 Å². The number of imide groups is 1. The van der Waals surface area contributed by atoms with Crippen LogP contribution in [0.5, 0.6) is 5.75 Å². The minimum absolute atomic E-state index is 0.00891. The number of sulfone groups is 1. The first kappa shape index (κ1) is 23.5. The maximum atomic E-state index is 13.2. The van der Waals surface area contributed by atoms with Gasteiger partial charge in [0.05, 0.1) is 36.0 Å². The number of carbonyl (C=O) groups is 2. The second-order valence-corrected chi connectivity index (χ2v) is 9.47. The van der Waals surface area contributed by atoms with Crippen LogP contribution in [-0.2, 0) is 21.2 Å². The van der Waals surface area contributed by atoms with Gasteiger partial charge in [-0.05, 0) is 37.3 Å². The van der Waals surface area contributed by atoms with Gasteiger partial charge in [0.1, 0.15) is 11.8 Å². The largest absolute Gasteiger partial charge is 0.501 e. The number of halogens is 3. The van der Waals surface area contributed by atoms with Crippen molar-refractivity contribution in [1.82, 2.24) is 9.88 Å². The van der Waals surface area contributed by atoms with Crippen molar-refractivity contribution < 1.29 is 35.9 Å². The number of hydrogen-bond donors (Lipinski definition) is 0. The van der Waals surface area contributed by atoms with E-state index in [2.05, 4.69) is 4.98 Å². The van der Waals surface area contributed by atoms with E-state index >= 15 is 0 Å². The quantitative estimate of drug-likeness (QED) is 0.501. The molecule has 1 aliphatic rings. The molecule has 8 nitrogen and oxygen atoms in total. The van der Waals surface area contributed by atoms with Gasteiger partial charge in [0, 0.05) is 10.9 Å². The Kier molecular flexibility index (Phi) is 5.72. The second kappa shape index (κ2) is 8.28. The highest BCUT2D eigenvalue weighted by atomic mass is 32.2. The average molecular weight is 493 g/mol. The second-order valence-electron chi connectivity index (χ2n) is 7.53. The zero-order chi connectivity index (χ0) is 24.8. The highest BCUT2D eigenvalue weighted by Crippen LogP contribution is 2.34. The monoisotopic (exact) mass is 493 g/mol. The van der Waals surface area contributed by atoms with Crippen molar-refractivity contribution >= 4 is 38.4 Å². The number of aromatic nitrogens is 1. The summed E-state index contributed by atoms with van der Waals surface area (Å²) in [5.74, 6) is -0.180. The van der Waals surface area contributed by atoms with E-state index in [1.165, 1.54) is 25.1 Å². The number of hydrogen-bond acceptors (Lipinski definition) is 6. The van der Waals surface area contributed by atoms with Crippen molar-refractivity contribution in [2.75, 3.05) is 12.0 Å². The van der Waals surface area contributed by atoms with Gasteiger partial charge in [0.2, 0.25) is 0 Å². The van der Waals surface area contributed by atoms with Crippen molar-refractivity contribution in [2.45, 2.75) is 29.9 Å². The molecule has 0 saturated carbocycles. The van der Waals surface area contributed by atoms with Gasteiger partial charge in [0.25, 0.3) is 15.7 Å². The molecule has 2 aromatic carbocycles. The third-order valence-electron chi connectivity index (χ3n) is 5.59. The fourth-order valence-electron chi connectivity index (χ4n) is 3.75. The third-order valence-corrected chi connectivity index (χ3v) is 7.09. The number of alkyl halides is 3. The molecule has 0 N–H and O–H groups in total. The SMILES string of the molecule is COc1cnc2ccccc2c1CN1C(=O)N(c2ccc(S(=O)(=O)C(F)(F)F)cc2)C(=O)C1C. The van der Waals surface area contributed by atoms with E-state index in [1.54, 1.807) is 12.1 Å². The van der Waals surface area contributed by atoms with Gasteiger partial charge < -0.3 is 9.64 Å². The van der Waals surface area contributed by atoms with Gasteiger partial charge in [-0.1, -0.05) is 18.2 Å². The summed E-state index contributed by atoms with van der Waals surface area (Å²) in [5.41, 5.74) is -4.21. The number of amides is 3. The molecule has 1 atom stereocenters. The number of para-hydroxylation sites is 1. The number of methoxy groups -OCH3 is 1. The number of pyridine rings is 1. The lowest BCUT2D eigenvalue weighted by molar-refractivity contribution is -0.119. The molecule has 0 aliphatic carbocycles. The van der Waals surface area contributed by atoms with E-state index < -0.39 is 38.2 Å². The molecule has 1 fully saturated rings. The lowest BCUT2D eigenvalue weighted by atomic mass is 10.1. The average Bonchev–Trinajstić information content (AvgIpc) is 3.01. The Labute approximate surface area is 192 Å². The molecule has 2 heterocycles. The fraction of sp³-hybridized carbons (Fsp3) is 0.227. The highest BCUT2D eigenvalue weighted by Gasteiger charge is 2.47. The minimum Gasteiger partial charge on any atom is -0.495 e. The Bertz CT molecular complexity index is 1390. The third kappa shape index (κ3) is 3.73. The predicted molar refractivity (Wildman–Crippen MR) is 116 cm³/mol. The molecule has 0 bridgehead atoms. The van der Waals surface area contributed by atoms with Crippen LogP contribution < -0.4 is 9.64 Å². The topological polar surface area (TPSA) is 96.9 Å². The molecular weight excluding hydrogens is 475 g/mol. The molecule has 3 aromatic rings. The summed E-state index contributed by atoms with van der Waals surface area (Å²) in [7, 11) is -4.10. The lowest BCUT2D eigenvalue weighted by Crippen LogP contribution is -2.33. The van der Waals surface area contributed by atoms with Crippen LogP contribution in [0, 0.1) is 0 Å². The number of rotatable bonds is 5. The predicted octanol–water partition coefficient (Wildman–Crippen LogP) is 3.89. The van der Waals surface area contributed by atoms with E-state index in [-0.39, 0.29) is 12.2 Å². The van der Waals surface area contributed by atoms with Gasteiger partial charge in [-0.3, -0.25) is 9.78 Å². The number of carbonyl (C=O) groups excluding carboxylic acids is 2. The molecule has 1 unspecified atom stereocenters. The van der Waals surface area contributed by atoms with Crippen LogP contribution in [0.4, 0.5) is 23.7 Å². The minimum atomic E-state index is -5.55. The van der Waals surface area contributed by atoms with Crippen LogP contribution in [0.15, 0.2) is 59.6 Å². The maximum Gasteiger partial charge on any atom is 0.501 e. The van der Waals surface area contributed by atoms with Crippen molar-refractivity contribution in [3.63, 3.8) is 0 Å². The molecule has 1 aromatic heterocycles. The van der Waals surface area contributed by atoms with Crippen LogP contribution in [0.3, 0.4) is 0 Å². The summed E-state index contributed by atoms with van der Waals surface area (Å²) in [4.78, 5) is 31.5. The number of urea groups is 1. The number of benzene rings is 2. The Morgan fingerprint density at radius 3 is 2.32 bits per heavy atom. The van der Waals surface area contributed by atoms with Gasteiger partial charge in [0.15, 0.2) is 0 Å². The van der Waals surface area contributed by atoms with Gasteiger partial charge in [-0.2, -0.15) is 13.2 Å². The molecule has 0 spiro atoms. The summed E-state index contributed by atoms with van der Waals surface area (Å²) in [6.07, 6.45) is 1.52. The van der Waals surface area contributed by atoms with Crippen LogP contribution in [-0.4, -0.2) is 48.9 Å². The summed E-state index contributed by atoms with van der Waals surface area (Å²) in [6, 6.07) is 9.04. The summed E-state index contributed by atoms with van der Waals surface area (Å²) in [5, 5.41) is 0.731. The Hall–Kier alpha value is -3.67. The van der Waals surface area contributed by atoms with Crippen molar-refractivity contribution in [3.05, 3.63) is 60.3 Å². The molecule has 12 heteroatoms. The number of anilines is 1. The Balaban J connectivity index is 1.67. The first-order chi connectivity index (χ1) is 16.0. The van der Waals surface area contributed by atoms with E-state index in [0.717, 1.165) is 22.4 Å². The molecule has 34 heavy (non-hydrogen) atoms. The first-order valence-corrected chi connectivity index (χ1v) is 11.4. The standard InChI is InChI=1S/C22H18F3N3O5S/c1-13-20(29)28(14-7-9-15(10-8-14)34(31,32)22(23,24)25)21(30)27(13)12-17-16-5-3-4-6-18(16)26-11-19(17)33-2/h3-11,13H,12H2,1-2H3. The van der Waals surface area contributed by atoms with Gasteiger partial charge >= 0.3 is 11.5 Å².